The zero-order valence-electron chi connectivity index (χ0n) is 27.1. The fraction of sp³-hybridized carbons (Fsp3) is 0. The number of phenols is 1. The molecular formula is C46H32N2OS. The van der Waals surface area contributed by atoms with E-state index in [4.69, 9.17) is 0 Å². The highest BCUT2D eigenvalue weighted by Crippen LogP contribution is 2.45. The van der Waals surface area contributed by atoms with E-state index >= 15 is 0 Å². The van der Waals surface area contributed by atoms with Crippen molar-refractivity contribution >= 4 is 76.4 Å². The Morgan fingerprint density at radius 3 is 1.70 bits per heavy atom. The van der Waals surface area contributed by atoms with Crippen LogP contribution in [0.4, 0.5) is 34.1 Å². The van der Waals surface area contributed by atoms with Crippen molar-refractivity contribution in [2.45, 2.75) is 0 Å². The minimum atomic E-state index is 0.188. The maximum atomic E-state index is 11.9. The summed E-state index contributed by atoms with van der Waals surface area (Å²) in [6.45, 7) is 0. The van der Waals surface area contributed by atoms with Crippen LogP contribution in [0, 0.1) is 0 Å². The van der Waals surface area contributed by atoms with E-state index in [1.54, 1.807) is 11.3 Å². The van der Waals surface area contributed by atoms with Crippen molar-refractivity contribution < 1.29 is 5.11 Å². The quantitative estimate of drug-likeness (QED) is 0.184. The molecule has 8 aromatic carbocycles. The van der Waals surface area contributed by atoms with Crippen LogP contribution in [0.25, 0.3) is 42.1 Å². The lowest BCUT2D eigenvalue weighted by atomic mass is 9.98. The van der Waals surface area contributed by atoms with Crippen molar-refractivity contribution in [1.29, 1.82) is 0 Å². The second-order valence-corrected chi connectivity index (χ2v) is 13.5. The van der Waals surface area contributed by atoms with Crippen LogP contribution in [0.3, 0.4) is 0 Å². The number of thiophene rings is 1. The van der Waals surface area contributed by atoms with Crippen LogP contribution in [0.2, 0.25) is 0 Å². The van der Waals surface area contributed by atoms with Crippen LogP contribution in [0.1, 0.15) is 0 Å². The largest absolute Gasteiger partial charge is 0.506 e. The van der Waals surface area contributed by atoms with Crippen molar-refractivity contribution in [2.75, 3.05) is 9.80 Å². The predicted octanol–water partition coefficient (Wildman–Crippen LogP) is 13.5. The van der Waals surface area contributed by atoms with E-state index in [1.165, 1.54) is 36.5 Å². The van der Waals surface area contributed by atoms with E-state index in [1.807, 2.05) is 48.5 Å². The second kappa shape index (κ2) is 12.6. The molecule has 9 rings (SSSR count). The van der Waals surface area contributed by atoms with Crippen molar-refractivity contribution in [3.8, 4) is 16.9 Å². The Morgan fingerprint density at radius 2 is 0.940 bits per heavy atom. The van der Waals surface area contributed by atoms with E-state index in [0.717, 1.165) is 34.0 Å². The molecule has 0 spiro atoms. The molecule has 0 aliphatic heterocycles. The molecule has 1 aromatic heterocycles. The summed E-state index contributed by atoms with van der Waals surface area (Å²) in [5.74, 6) is 0.188. The smallest absolute Gasteiger partial charge is 0.141 e. The van der Waals surface area contributed by atoms with Crippen LogP contribution < -0.4 is 9.80 Å². The molecule has 3 nitrogen and oxygen atoms in total. The van der Waals surface area contributed by atoms with E-state index in [2.05, 4.69) is 149 Å². The highest BCUT2D eigenvalue weighted by Gasteiger charge is 2.20. The van der Waals surface area contributed by atoms with Crippen LogP contribution in [0.5, 0.6) is 5.75 Å². The zero-order valence-corrected chi connectivity index (χ0v) is 28.0. The Bertz CT molecular complexity index is 2610. The summed E-state index contributed by atoms with van der Waals surface area (Å²) in [4.78, 5) is 4.32. The van der Waals surface area contributed by atoms with Gasteiger partial charge in [-0.05, 0) is 88.6 Å². The number of hydrogen-bond acceptors (Lipinski definition) is 4. The first-order chi connectivity index (χ1) is 24.7. The summed E-state index contributed by atoms with van der Waals surface area (Å²) in [5.41, 5.74) is 7.88. The maximum absolute atomic E-state index is 11.9. The Kier molecular flexibility index (Phi) is 7.49. The Morgan fingerprint density at radius 1 is 0.380 bits per heavy atom. The molecule has 9 aromatic rings. The molecule has 238 valence electrons. The molecule has 0 aliphatic rings. The van der Waals surface area contributed by atoms with Gasteiger partial charge in [0.25, 0.3) is 0 Å². The van der Waals surface area contributed by atoms with Gasteiger partial charge < -0.3 is 14.9 Å². The van der Waals surface area contributed by atoms with Gasteiger partial charge in [0.1, 0.15) is 5.75 Å². The summed E-state index contributed by atoms with van der Waals surface area (Å²) in [7, 11) is 0. The summed E-state index contributed by atoms with van der Waals surface area (Å²) in [5, 5.41) is 16.9. The minimum Gasteiger partial charge on any atom is -0.506 e. The first-order valence-electron chi connectivity index (χ1n) is 16.7. The molecule has 0 saturated carbocycles. The van der Waals surface area contributed by atoms with E-state index in [0.29, 0.717) is 5.69 Å². The lowest BCUT2D eigenvalue weighted by Gasteiger charge is -2.29. The summed E-state index contributed by atoms with van der Waals surface area (Å²) >= 11 is 1.81. The van der Waals surface area contributed by atoms with Gasteiger partial charge in [-0.15, -0.1) is 11.3 Å². The van der Waals surface area contributed by atoms with Gasteiger partial charge in [0.2, 0.25) is 0 Å². The molecule has 0 unspecified atom stereocenters. The molecule has 0 aliphatic carbocycles. The molecule has 0 atom stereocenters. The van der Waals surface area contributed by atoms with E-state index < -0.39 is 0 Å². The molecule has 0 saturated heterocycles. The molecule has 0 bridgehead atoms. The third kappa shape index (κ3) is 5.33. The number of phenolic OH excluding ortho intramolecular Hbond substituents is 1. The third-order valence-electron chi connectivity index (χ3n) is 9.33. The van der Waals surface area contributed by atoms with Gasteiger partial charge in [0.15, 0.2) is 0 Å². The van der Waals surface area contributed by atoms with Crippen molar-refractivity contribution in [1.82, 2.24) is 0 Å². The number of rotatable bonds is 7. The maximum Gasteiger partial charge on any atom is 0.141 e. The molecule has 4 heteroatoms. The second-order valence-electron chi connectivity index (χ2n) is 12.4. The lowest BCUT2D eigenvalue weighted by Crippen LogP contribution is -2.12. The highest BCUT2D eigenvalue weighted by atomic mass is 32.1. The van der Waals surface area contributed by atoms with Gasteiger partial charge in [-0.1, -0.05) is 115 Å². The Hall–Kier alpha value is -6.36. The Labute approximate surface area is 295 Å². The average Bonchev–Trinajstić information content (AvgIpc) is 3.55. The van der Waals surface area contributed by atoms with Gasteiger partial charge in [0.05, 0.1) is 5.69 Å². The lowest BCUT2D eigenvalue weighted by molar-refractivity contribution is 0.476. The molecule has 0 radical (unpaired) electrons. The molecule has 1 N–H and O–H groups in total. The first kappa shape index (κ1) is 29.8. The fourth-order valence-electron chi connectivity index (χ4n) is 6.99. The number of nitrogens with zero attached hydrogens (tertiary/aromatic N) is 2. The van der Waals surface area contributed by atoms with Gasteiger partial charge in [-0.3, -0.25) is 0 Å². The number of benzene rings is 8. The predicted molar refractivity (Wildman–Crippen MR) is 213 cm³/mol. The monoisotopic (exact) mass is 660 g/mol. The summed E-state index contributed by atoms with van der Waals surface area (Å²) in [6.07, 6.45) is 0. The van der Waals surface area contributed by atoms with Crippen molar-refractivity contribution in [3.63, 3.8) is 0 Å². The molecule has 0 amide bonds. The fourth-order valence-corrected chi connectivity index (χ4v) is 8.13. The van der Waals surface area contributed by atoms with Crippen molar-refractivity contribution in [2.24, 2.45) is 0 Å². The van der Waals surface area contributed by atoms with Gasteiger partial charge in [0, 0.05) is 54.7 Å². The van der Waals surface area contributed by atoms with Crippen LogP contribution in [0.15, 0.2) is 188 Å². The zero-order chi connectivity index (χ0) is 33.4. The first-order valence-corrected chi connectivity index (χ1v) is 17.6. The van der Waals surface area contributed by atoms with Crippen molar-refractivity contribution in [3.05, 3.63) is 188 Å². The number of para-hydroxylation sites is 2. The SMILES string of the molecule is Oc1cc(N(c2ccccc2)c2ccc3c(c2)sc2ccccc23)ccc1N(c1ccccc1)c1ccc(-c2cccc3ccccc23)cc1. The molecule has 0 fully saturated rings. The third-order valence-corrected chi connectivity index (χ3v) is 10.5. The Balaban J connectivity index is 1.13. The number of aromatic hydroxyl groups is 1. The molecular weight excluding hydrogens is 629 g/mol. The van der Waals surface area contributed by atoms with Gasteiger partial charge in [-0.2, -0.15) is 0 Å². The normalized spacial score (nSPS) is 11.3. The van der Waals surface area contributed by atoms with Gasteiger partial charge >= 0.3 is 0 Å². The summed E-state index contributed by atoms with van der Waals surface area (Å²) in [6, 6.07) is 65.3. The highest BCUT2D eigenvalue weighted by molar-refractivity contribution is 7.25. The van der Waals surface area contributed by atoms with E-state index in [-0.39, 0.29) is 5.75 Å². The average molecular weight is 661 g/mol. The topological polar surface area (TPSA) is 26.7 Å². The number of anilines is 6. The van der Waals surface area contributed by atoms with Crippen LogP contribution >= 0.6 is 11.3 Å². The minimum absolute atomic E-state index is 0.188. The van der Waals surface area contributed by atoms with Crippen LogP contribution in [-0.2, 0) is 0 Å². The molecule has 1 heterocycles. The summed E-state index contributed by atoms with van der Waals surface area (Å²) < 4.78 is 2.51. The number of hydrogen-bond donors (Lipinski definition) is 1. The molecule has 50 heavy (non-hydrogen) atoms. The standard InChI is InChI=1S/C46H32N2OS/c49-44-30-37(47(34-14-3-1-4-15-34)38-26-28-42-41-19-9-10-21-45(41)50-46(42)31-38)27-29-43(44)48(35-16-5-2-6-17-35)36-24-22-33(23-25-36)40-20-11-13-32-12-7-8-18-39(32)40/h1-31,49H. The number of fused-ring (bicyclic) bond motifs is 4. The van der Waals surface area contributed by atoms with Crippen LogP contribution in [-0.4, -0.2) is 5.11 Å². The van der Waals surface area contributed by atoms with Gasteiger partial charge in [-0.25, -0.2) is 0 Å². The van der Waals surface area contributed by atoms with E-state index in [9.17, 15) is 5.11 Å².